The third kappa shape index (κ3) is 4.43. The molecule has 1 fully saturated rings. The lowest BCUT2D eigenvalue weighted by Crippen LogP contribution is -2.64. The smallest absolute Gasteiger partial charge is 0.279 e. The minimum absolute atomic E-state index is 0.0328. The molecule has 0 bridgehead atoms. The number of carbonyl (C=O) groups excluding carboxylic acids is 2. The summed E-state index contributed by atoms with van der Waals surface area (Å²) in [6.45, 7) is 5.65. The Bertz CT molecular complexity index is 1510. The van der Waals surface area contributed by atoms with Gasteiger partial charge in [-0.15, -0.1) is 0 Å². The third-order valence-corrected chi connectivity index (χ3v) is 9.49. The average Bonchev–Trinajstić information content (AvgIpc) is 3.42. The number of aliphatic hydroxyl groups is 2. The number of aromatic nitrogens is 2. The van der Waals surface area contributed by atoms with Crippen molar-refractivity contribution in [1.29, 1.82) is 0 Å². The van der Waals surface area contributed by atoms with Crippen LogP contribution in [0.4, 0.5) is 0 Å². The molecule has 13 heteroatoms. The van der Waals surface area contributed by atoms with Crippen LogP contribution in [0.2, 0.25) is 0 Å². The lowest BCUT2D eigenvalue weighted by molar-refractivity contribution is -0.697. The molecule has 3 aliphatic heterocycles. The van der Waals surface area contributed by atoms with E-state index < -0.39 is 45.9 Å². The number of aliphatic hydroxyl groups excluding tert-OH is 2. The third-order valence-electron chi connectivity index (χ3n) is 7.83. The van der Waals surface area contributed by atoms with Crippen LogP contribution in [0.1, 0.15) is 31.9 Å². The Morgan fingerprint density at radius 3 is 2.72 bits per heavy atom. The highest BCUT2D eigenvalue weighted by Crippen LogP contribution is 2.47. The first kappa shape index (κ1) is 27.0. The maximum atomic E-state index is 13.7. The van der Waals surface area contributed by atoms with Crippen LogP contribution in [0.3, 0.4) is 0 Å². The molecule has 1 aromatic heterocycles. The van der Waals surface area contributed by atoms with Crippen LogP contribution in [-0.4, -0.2) is 75.4 Å². The van der Waals surface area contributed by atoms with Crippen LogP contribution in [0.15, 0.2) is 58.2 Å². The van der Waals surface area contributed by atoms with E-state index in [1.165, 1.54) is 6.92 Å². The molecule has 12 nitrogen and oxygen atoms in total. The summed E-state index contributed by atoms with van der Waals surface area (Å²) in [4.78, 5) is 25.9. The SMILES string of the molecule is CC1=NN(CC2=C(C(=O)[O-])N3C(=O)[C@H]([C@@H](C)O)[C@H]3[C@H]2C)S(=O)(=O)c2cc(CCn3cc[n+](CCO)c3)ccc21. The zero-order valence-electron chi connectivity index (χ0n) is 21.9. The first-order chi connectivity index (χ1) is 18.4. The van der Waals surface area contributed by atoms with Gasteiger partial charge in [0.05, 0.1) is 60.0 Å². The van der Waals surface area contributed by atoms with Gasteiger partial charge < -0.3 is 25.0 Å². The number of benzene rings is 1. The molecule has 1 amide bonds. The van der Waals surface area contributed by atoms with E-state index in [1.54, 1.807) is 26.0 Å². The fourth-order valence-electron chi connectivity index (χ4n) is 5.81. The number of amides is 1. The number of carbonyl (C=O) groups is 2. The summed E-state index contributed by atoms with van der Waals surface area (Å²) in [6, 6.07) is 4.62. The predicted octanol–water partition coefficient (Wildman–Crippen LogP) is -1.40. The van der Waals surface area contributed by atoms with Crippen LogP contribution in [-0.2, 0) is 39.1 Å². The number of carboxylic acids is 1. The normalized spacial score (nSPS) is 24.3. The number of aryl methyl sites for hydroxylation is 2. The minimum Gasteiger partial charge on any atom is -0.543 e. The first-order valence-electron chi connectivity index (χ1n) is 12.8. The van der Waals surface area contributed by atoms with Gasteiger partial charge in [0.15, 0.2) is 0 Å². The number of hydrogen-bond acceptors (Lipinski definition) is 8. The summed E-state index contributed by atoms with van der Waals surface area (Å²) in [6.07, 6.45) is 5.18. The maximum absolute atomic E-state index is 13.7. The van der Waals surface area contributed by atoms with Gasteiger partial charge >= 0.3 is 0 Å². The standard InChI is InChI=1S/C26H31N5O7S/c1-15-20(24(26(35)36)31-23(15)22(17(3)33)25(31)34)13-30-27-16(2)19-5-4-18(12-21(19)39(30,37)38)6-7-28-8-9-29(14-28)10-11-32/h4-5,8-9,12,14-15,17,22-23,32-33H,6-7,10-11,13H2,1-3H3/t15-,17+,22+,23+/m0/s1. The highest BCUT2D eigenvalue weighted by molar-refractivity contribution is 7.89. The van der Waals surface area contributed by atoms with Crippen molar-refractivity contribution in [3.05, 3.63) is 59.3 Å². The van der Waals surface area contributed by atoms with Gasteiger partial charge in [-0.2, -0.15) is 17.9 Å². The lowest BCUT2D eigenvalue weighted by atomic mass is 9.78. The molecule has 4 heterocycles. The second kappa shape index (κ2) is 9.88. The second-order valence-electron chi connectivity index (χ2n) is 10.3. The quantitative estimate of drug-likeness (QED) is 0.283. The molecule has 1 aromatic carbocycles. The molecule has 0 spiro atoms. The van der Waals surface area contributed by atoms with Gasteiger partial charge in [0.1, 0.15) is 18.9 Å². The number of fused-ring (bicyclic) bond motifs is 2. The Morgan fingerprint density at radius 1 is 1.31 bits per heavy atom. The van der Waals surface area contributed by atoms with E-state index in [0.29, 0.717) is 30.8 Å². The fourth-order valence-corrected chi connectivity index (χ4v) is 7.37. The zero-order chi connectivity index (χ0) is 28.2. The van der Waals surface area contributed by atoms with E-state index in [1.807, 2.05) is 33.9 Å². The van der Waals surface area contributed by atoms with Gasteiger partial charge in [0.2, 0.25) is 12.2 Å². The topological polar surface area (TPSA) is 159 Å². The minimum atomic E-state index is -4.14. The van der Waals surface area contributed by atoms with Gasteiger partial charge in [-0.3, -0.25) is 4.79 Å². The number of β-lactam (4-membered cyclic amide) rings is 1. The summed E-state index contributed by atoms with van der Waals surface area (Å²) in [5.74, 6) is -3.36. The summed E-state index contributed by atoms with van der Waals surface area (Å²) in [5, 5.41) is 35.5. The molecule has 2 aromatic rings. The van der Waals surface area contributed by atoms with Gasteiger partial charge in [0, 0.05) is 17.9 Å². The number of rotatable bonds is 9. The van der Waals surface area contributed by atoms with E-state index in [0.717, 1.165) is 14.9 Å². The average molecular weight is 558 g/mol. The van der Waals surface area contributed by atoms with Crippen molar-refractivity contribution in [3.8, 4) is 0 Å². The molecule has 0 unspecified atom stereocenters. The van der Waals surface area contributed by atoms with Crippen molar-refractivity contribution < 1.29 is 37.9 Å². The molecule has 2 N–H and O–H groups in total. The van der Waals surface area contributed by atoms with Crippen LogP contribution >= 0.6 is 0 Å². The molecule has 0 aliphatic carbocycles. The van der Waals surface area contributed by atoms with E-state index in [4.69, 9.17) is 5.11 Å². The number of nitrogens with zero attached hydrogens (tertiary/aromatic N) is 5. The van der Waals surface area contributed by atoms with Crippen LogP contribution < -0.4 is 9.67 Å². The Hall–Kier alpha value is -3.55. The van der Waals surface area contributed by atoms with Crippen LogP contribution in [0.25, 0.3) is 0 Å². The summed E-state index contributed by atoms with van der Waals surface area (Å²) in [5.41, 5.74) is 1.61. The fraction of sp³-hybridized carbons (Fsp3) is 0.462. The van der Waals surface area contributed by atoms with Crippen molar-refractivity contribution in [2.75, 3.05) is 13.2 Å². The Labute approximate surface area is 226 Å². The van der Waals surface area contributed by atoms with Crippen molar-refractivity contribution in [3.63, 3.8) is 0 Å². The number of carboxylic acid groups (broad SMARTS) is 1. The molecular weight excluding hydrogens is 526 g/mol. The number of hydrogen-bond donors (Lipinski definition) is 2. The highest BCUT2D eigenvalue weighted by Gasteiger charge is 2.58. The largest absolute Gasteiger partial charge is 0.543 e. The summed E-state index contributed by atoms with van der Waals surface area (Å²) >= 11 is 0. The van der Waals surface area contributed by atoms with Crippen LogP contribution in [0.5, 0.6) is 0 Å². The number of imidazole rings is 1. The van der Waals surface area contributed by atoms with Crippen molar-refractivity contribution >= 4 is 27.6 Å². The highest BCUT2D eigenvalue weighted by atomic mass is 32.2. The van der Waals surface area contributed by atoms with Crippen molar-refractivity contribution in [2.24, 2.45) is 16.9 Å². The van der Waals surface area contributed by atoms with E-state index in [2.05, 4.69) is 5.10 Å². The molecule has 5 rings (SSSR count). The maximum Gasteiger partial charge on any atom is 0.279 e. The van der Waals surface area contributed by atoms with Gasteiger partial charge in [-0.25, -0.2) is 9.13 Å². The molecule has 0 radical (unpaired) electrons. The first-order valence-corrected chi connectivity index (χ1v) is 14.2. The van der Waals surface area contributed by atoms with E-state index >= 15 is 0 Å². The zero-order valence-corrected chi connectivity index (χ0v) is 22.7. The molecule has 208 valence electrons. The Kier molecular flexibility index (Phi) is 6.85. The Balaban J connectivity index is 1.42. The lowest BCUT2D eigenvalue weighted by Gasteiger charge is -2.47. The van der Waals surface area contributed by atoms with Gasteiger partial charge in [-0.05, 0) is 31.1 Å². The molecular formula is C26H31N5O7S. The van der Waals surface area contributed by atoms with Gasteiger partial charge in [-0.1, -0.05) is 19.1 Å². The van der Waals surface area contributed by atoms with Crippen LogP contribution in [0, 0.1) is 11.8 Å². The Morgan fingerprint density at radius 2 is 2.05 bits per heavy atom. The number of hydrazone groups is 1. The predicted molar refractivity (Wildman–Crippen MR) is 135 cm³/mol. The molecule has 4 atom stereocenters. The second-order valence-corrected chi connectivity index (χ2v) is 12.1. The van der Waals surface area contributed by atoms with Crippen molar-refractivity contribution in [2.45, 2.75) is 57.3 Å². The van der Waals surface area contributed by atoms with E-state index in [-0.39, 0.29) is 29.3 Å². The monoisotopic (exact) mass is 557 g/mol. The van der Waals surface area contributed by atoms with Gasteiger partial charge in [0.25, 0.3) is 10.0 Å². The number of sulfonamides is 1. The van der Waals surface area contributed by atoms with E-state index in [9.17, 15) is 28.2 Å². The van der Waals surface area contributed by atoms with Crippen molar-refractivity contribution in [1.82, 2.24) is 13.9 Å². The molecule has 0 saturated carbocycles. The molecule has 1 saturated heterocycles. The molecule has 39 heavy (non-hydrogen) atoms. The summed E-state index contributed by atoms with van der Waals surface area (Å²) in [7, 11) is -4.14. The molecule has 3 aliphatic rings. The summed E-state index contributed by atoms with van der Waals surface area (Å²) < 4.78 is 32.1. The number of aliphatic carboxylic acids is 1.